The lowest BCUT2D eigenvalue weighted by atomic mass is 10.1. The smallest absolute Gasteiger partial charge is 0.272 e. The number of unbranched alkanes of at least 4 members (excludes halogenated alkanes) is 1. The van der Waals surface area contributed by atoms with Crippen molar-refractivity contribution >= 4 is 12.1 Å². The average Bonchev–Trinajstić information content (AvgIpc) is 2.84. The molecule has 166 valence electrons. The molecule has 0 saturated heterocycles. The molecule has 0 aliphatic rings. The standard InChI is InChI=1S/C25H27N3O4/c1-4-5-10-32-22-8-6-19(7-9-22)20-13-21(17-26-16-20)25(29)28-27-15-18-11-23(30-2)14-24(12-18)31-3/h6-9,11-17H,4-5,10H2,1-3H3,(H,28,29)/b27-15+. The van der Waals surface area contributed by atoms with Gasteiger partial charge in [0.25, 0.3) is 5.91 Å². The minimum atomic E-state index is -0.356. The molecule has 0 unspecified atom stereocenters. The number of carbonyl (C=O) groups excluding carboxylic acids is 1. The molecule has 0 bridgehead atoms. The zero-order valence-electron chi connectivity index (χ0n) is 18.5. The molecule has 3 rings (SSSR count). The highest BCUT2D eigenvalue weighted by atomic mass is 16.5. The highest BCUT2D eigenvalue weighted by Gasteiger charge is 2.08. The maximum atomic E-state index is 12.5. The topological polar surface area (TPSA) is 82.0 Å². The Hall–Kier alpha value is -3.87. The van der Waals surface area contributed by atoms with Gasteiger partial charge >= 0.3 is 0 Å². The van der Waals surface area contributed by atoms with Crippen LogP contribution in [0.2, 0.25) is 0 Å². The lowest BCUT2D eigenvalue weighted by Gasteiger charge is -2.08. The van der Waals surface area contributed by atoms with Crippen LogP contribution in [0.1, 0.15) is 35.7 Å². The van der Waals surface area contributed by atoms with Gasteiger partial charge < -0.3 is 14.2 Å². The van der Waals surface area contributed by atoms with Crippen molar-refractivity contribution in [2.45, 2.75) is 19.8 Å². The number of methoxy groups -OCH3 is 2. The van der Waals surface area contributed by atoms with Crippen molar-refractivity contribution in [2.24, 2.45) is 5.10 Å². The van der Waals surface area contributed by atoms with Crippen molar-refractivity contribution in [3.05, 3.63) is 72.1 Å². The van der Waals surface area contributed by atoms with Crippen LogP contribution in [-0.4, -0.2) is 37.9 Å². The first-order chi connectivity index (χ1) is 15.6. The molecular formula is C25H27N3O4. The van der Waals surface area contributed by atoms with Crippen molar-refractivity contribution in [1.82, 2.24) is 10.4 Å². The van der Waals surface area contributed by atoms with Crippen LogP contribution >= 0.6 is 0 Å². The van der Waals surface area contributed by atoms with Crippen molar-refractivity contribution in [3.63, 3.8) is 0 Å². The largest absolute Gasteiger partial charge is 0.497 e. The fourth-order valence-electron chi connectivity index (χ4n) is 2.93. The van der Waals surface area contributed by atoms with Crippen LogP contribution in [0.5, 0.6) is 17.2 Å². The van der Waals surface area contributed by atoms with E-state index in [1.165, 1.54) is 12.4 Å². The van der Waals surface area contributed by atoms with Gasteiger partial charge in [0.15, 0.2) is 0 Å². The van der Waals surface area contributed by atoms with Crippen LogP contribution < -0.4 is 19.6 Å². The summed E-state index contributed by atoms with van der Waals surface area (Å²) in [5.74, 6) is 1.74. The van der Waals surface area contributed by atoms with E-state index in [2.05, 4.69) is 22.4 Å². The van der Waals surface area contributed by atoms with Crippen LogP contribution in [0.3, 0.4) is 0 Å². The third-order valence-corrected chi connectivity index (χ3v) is 4.71. The number of hydrazone groups is 1. The van der Waals surface area contributed by atoms with E-state index in [0.29, 0.717) is 23.7 Å². The van der Waals surface area contributed by atoms with E-state index >= 15 is 0 Å². The Morgan fingerprint density at radius 3 is 2.34 bits per heavy atom. The summed E-state index contributed by atoms with van der Waals surface area (Å²) in [6, 6.07) is 14.9. The van der Waals surface area contributed by atoms with E-state index in [1.807, 2.05) is 24.3 Å². The first-order valence-electron chi connectivity index (χ1n) is 10.4. The SMILES string of the molecule is CCCCOc1ccc(-c2cncc(C(=O)N/N=C/c3cc(OC)cc(OC)c3)c2)cc1. The number of hydrogen-bond acceptors (Lipinski definition) is 6. The second-order valence-electron chi connectivity index (χ2n) is 7.03. The predicted molar refractivity (Wildman–Crippen MR) is 125 cm³/mol. The molecule has 32 heavy (non-hydrogen) atoms. The summed E-state index contributed by atoms with van der Waals surface area (Å²) >= 11 is 0. The summed E-state index contributed by atoms with van der Waals surface area (Å²) in [5.41, 5.74) is 5.45. The van der Waals surface area contributed by atoms with Gasteiger partial charge in [-0.25, -0.2) is 5.43 Å². The average molecular weight is 434 g/mol. The van der Waals surface area contributed by atoms with Crippen LogP contribution in [-0.2, 0) is 0 Å². The molecule has 1 heterocycles. The summed E-state index contributed by atoms with van der Waals surface area (Å²) in [7, 11) is 3.15. The van der Waals surface area contributed by atoms with E-state index in [0.717, 1.165) is 35.3 Å². The third-order valence-electron chi connectivity index (χ3n) is 4.71. The molecule has 1 amide bonds. The maximum Gasteiger partial charge on any atom is 0.272 e. The number of pyridine rings is 1. The number of ether oxygens (including phenoxy) is 3. The number of carbonyl (C=O) groups is 1. The Morgan fingerprint density at radius 2 is 1.69 bits per heavy atom. The number of amides is 1. The molecule has 1 aromatic heterocycles. The molecule has 1 N–H and O–H groups in total. The third kappa shape index (κ3) is 6.31. The predicted octanol–water partition coefficient (Wildman–Crippen LogP) is 4.71. The first kappa shape index (κ1) is 22.8. The summed E-state index contributed by atoms with van der Waals surface area (Å²) in [5, 5.41) is 4.04. The number of aromatic nitrogens is 1. The highest BCUT2D eigenvalue weighted by molar-refractivity contribution is 5.95. The van der Waals surface area contributed by atoms with Gasteiger partial charge in [-0.2, -0.15) is 5.10 Å². The minimum absolute atomic E-state index is 0.356. The van der Waals surface area contributed by atoms with Gasteiger partial charge in [0.1, 0.15) is 17.2 Å². The minimum Gasteiger partial charge on any atom is -0.497 e. The Bertz CT molecular complexity index is 1040. The summed E-state index contributed by atoms with van der Waals surface area (Å²) in [6.07, 6.45) is 6.87. The van der Waals surface area contributed by atoms with Gasteiger partial charge in [-0.3, -0.25) is 9.78 Å². The van der Waals surface area contributed by atoms with Gasteiger partial charge in [0, 0.05) is 29.6 Å². The summed E-state index contributed by atoms with van der Waals surface area (Å²) < 4.78 is 16.2. The van der Waals surface area contributed by atoms with Gasteiger partial charge in [0.2, 0.25) is 0 Å². The number of nitrogens with zero attached hydrogens (tertiary/aromatic N) is 2. The van der Waals surface area contributed by atoms with Crippen LogP contribution in [0, 0.1) is 0 Å². The molecule has 0 radical (unpaired) electrons. The molecular weight excluding hydrogens is 406 g/mol. The van der Waals surface area contributed by atoms with E-state index < -0.39 is 0 Å². The van der Waals surface area contributed by atoms with Gasteiger partial charge in [-0.1, -0.05) is 25.5 Å². The van der Waals surface area contributed by atoms with Crippen molar-refractivity contribution in [3.8, 4) is 28.4 Å². The summed E-state index contributed by atoms with van der Waals surface area (Å²) in [6.45, 7) is 2.83. The first-order valence-corrected chi connectivity index (χ1v) is 10.4. The van der Waals surface area contributed by atoms with Crippen molar-refractivity contribution in [1.29, 1.82) is 0 Å². The van der Waals surface area contributed by atoms with Crippen LogP contribution in [0.25, 0.3) is 11.1 Å². The van der Waals surface area contributed by atoms with Gasteiger partial charge in [-0.05, 0) is 42.3 Å². The molecule has 0 saturated carbocycles. The normalized spacial score (nSPS) is 10.7. The molecule has 0 atom stereocenters. The quantitative estimate of drug-likeness (QED) is 0.284. The Labute approximate surface area is 188 Å². The van der Waals surface area contributed by atoms with Crippen LogP contribution in [0.4, 0.5) is 0 Å². The molecule has 7 heteroatoms. The van der Waals surface area contributed by atoms with E-state index in [1.54, 1.807) is 44.7 Å². The molecule has 0 aliphatic heterocycles. The lowest BCUT2D eigenvalue weighted by molar-refractivity contribution is 0.0955. The molecule has 0 spiro atoms. The van der Waals surface area contributed by atoms with Crippen LogP contribution in [0.15, 0.2) is 66.0 Å². The zero-order valence-corrected chi connectivity index (χ0v) is 18.5. The van der Waals surface area contributed by atoms with E-state index in [9.17, 15) is 4.79 Å². The van der Waals surface area contributed by atoms with Gasteiger partial charge in [-0.15, -0.1) is 0 Å². The fraction of sp³-hybridized carbons (Fsp3) is 0.240. The molecule has 2 aromatic carbocycles. The molecule has 0 fully saturated rings. The fourth-order valence-corrected chi connectivity index (χ4v) is 2.93. The monoisotopic (exact) mass is 433 g/mol. The zero-order chi connectivity index (χ0) is 22.8. The Balaban J connectivity index is 1.66. The molecule has 3 aromatic rings. The maximum absolute atomic E-state index is 12.5. The Kier molecular flexibility index (Phi) is 8.20. The second kappa shape index (κ2) is 11.5. The van der Waals surface area contributed by atoms with E-state index in [-0.39, 0.29) is 5.91 Å². The number of nitrogens with one attached hydrogen (secondary N) is 1. The molecule has 0 aliphatic carbocycles. The highest BCUT2D eigenvalue weighted by Crippen LogP contribution is 2.23. The molecule has 7 nitrogen and oxygen atoms in total. The van der Waals surface area contributed by atoms with Crippen molar-refractivity contribution in [2.75, 3.05) is 20.8 Å². The summed E-state index contributed by atoms with van der Waals surface area (Å²) in [4.78, 5) is 16.7. The van der Waals surface area contributed by atoms with Gasteiger partial charge in [0.05, 0.1) is 32.6 Å². The Morgan fingerprint density at radius 1 is 0.969 bits per heavy atom. The lowest BCUT2D eigenvalue weighted by Crippen LogP contribution is -2.17. The van der Waals surface area contributed by atoms with Crippen molar-refractivity contribution < 1.29 is 19.0 Å². The second-order valence-corrected chi connectivity index (χ2v) is 7.03. The number of hydrogen-bond donors (Lipinski definition) is 1. The number of benzene rings is 2. The number of rotatable bonds is 10. The van der Waals surface area contributed by atoms with E-state index in [4.69, 9.17) is 14.2 Å².